The van der Waals surface area contributed by atoms with Gasteiger partial charge in [-0.05, 0) is 32.8 Å². The molecule has 7 nitrogen and oxygen atoms in total. The van der Waals surface area contributed by atoms with Gasteiger partial charge in [-0.2, -0.15) is 0 Å². The van der Waals surface area contributed by atoms with Crippen LogP contribution in [0, 0.1) is 19.8 Å². The molecule has 23 heavy (non-hydrogen) atoms. The normalized spacial score (nSPS) is 27.5. The van der Waals surface area contributed by atoms with Crippen LogP contribution in [0.2, 0.25) is 0 Å². The minimum atomic E-state index is -0.0542. The van der Waals surface area contributed by atoms with E-state index in [0.29, 0.717) is 6.54 Å². The van der Waals surface area contributed by atoms with Gasteiger partial charge in [-0.1, -0.05) is 0 Å². The molecule has 7 heteroatoms. The fourth-order valence-corrected chi connectivity index (χ4v) is 3.70. The second-order valence-corrected chi connectivity index (χ2v) is 6.74. The van der Waals surface area contributed by atoms with E-state index in [1.54, 1.807) is 4.90 Å². The van der Waals surface area contributed by atoms with Crippen LogP contribution in [0.1, 0.15) is 24.2 Å². The van der Waals surface area contributed by atoms with Gasteiger partial charge >= 0.3 is 0 Å². The Balaban J connectivity index is 1.85. The van der Waals surface area contributed by atoms with Gasteiger partial charge in [0.25, 0.3) is 0 Å². The third-order valence-electron chi connectivity index (χ3n) is 4.72. The van der Waals surface area contributed by atoms with E-state index in [1.165, 1.54) is 0 Å². The molecule has 3 heterocycles. The standard InChI is InChI=1S/C16H26N6O/c1-10-8-11(2)19-16(18-10)22-7-5-6-13(22)14-12(9-17-20-14)15(23)21(3)4/h8,12-14,17,20H,5-7,9H2,1-4H3. The number of nitrogens with one attached hydrogen (secondary N) is 2. The molecule has 0 spiro atoms. The van der Waals surface area contributed by atoms with Crippen LogP contribution in [0.4, 0.5) is 5.95 Å². The van der Waals surface area contributed by atoms with Crippen molar-refractivity contribution in [3.8, 4) is 0 Å². The van der Waals surface area contributed by atoms with Crippen LogP contribution in [0.15, 0.2) is 6.07 Å². The summed E-state index contributed by atoms with van der Waals surface area (Å²) in [4.78, 5) is 25.6. The Labute approximate surface area is 137 Å². The smallest absolute Gasteiger partial charge is 0.228 e. The molecule has 2 N–H and O–H groups in total. The number of aromatic nitrogens is 2. The number of rotatable bonds is 3. The van der Waals surface area contributed by atoms with Crippen molar-refractivity contribution in [1.29, 1.82) is 0 Å². The van der Waals surface area contributed by atoms with Crippen molar-refractivity contribution in [2.75, 3.05) is 32.1 Å². The van der Waals surface area contributed by atoms with E-state index < -0.39 is 0 Å². The van der Waals surface area contributed by atoms with Crippen molar-refractivity contribution in [3.05, 3.63) is 17.5 Å². The first-order chi connectivity index (χ1) is 11.0. The zero-order valence-electron chi connectivity index (χ0n) is 14.3. The van der Waals surface area contributed by atoms with Crippen LogP contribution in [0.3, 0.4) is 0 Å². The third kappa shape index (κ3) is 3.16. The van der Waals surface area contributed by atoms with E-state index in [-0.39, 0.29) is 23.9 Å². The predicted molar refractivity (Wildman–Crippen MR) is 89.0 cm³/mol. The van der Waals surface area contributed by atoms with E-state index >= 15 is 0 Å². The van der Waals surface area contributed by atoms with E-state index in [1.807, 2.05) is 34.0 Å². The van der Waals surface area contributed by atoms with Crippen LogP contribution in [0.25, 0.3) is 0 Å². The van der Waals surface area contributed by atoms with Gasteiger partial charge in [-0.3, -0.25) is 15.6 Å². The molecule has 0 radical (unpaired) electrons. The molecule has 1 aromatic rings. The van der Waals surface area contributed by atoms with E-state index in [4.69, 9.17) is 0 Å². The molecule has 2 aliphatic heterocycles. The lowest BCUT2D eigenvalue weighted by Gasteiger charge is -2.32. The maximum atomic E-state index is 12.5. The number of aryl methyl sites for hydroxylation is 2. The lowest BCUT2D eigenvalue weighted by atomic mass is 9.92. The Morgan fingerprint density at radius 3 is 2.65 bits per heavy atom. The molecule has 2 aliphatic rings. The Morgan fingerprint density at radius 2 is 2.00 bits per heavy atom. The highest BCUT2D eigenvalue weighted by Crippen LogP contribution is 2.29. The van der Waals surface area contributed by atoms with E-state index in [9.17, 15) is 4.79 Å². The zero-order valence-corrected chi connectivity index (χ0v) is 14.3. The number of carbonyl (C=O) groups is 1. The van der Waals surface area contributed by atoms with Crippen LogP contribution in [-0.4, -0.2) is 60.0 Å². The fourth-order valence-electron chi connectivity index (χ4n) is 3.70. The third-order valence-corrected chi connectivity index (χ3v) is 4.72. The predicted octanol–water partition coefficient (Wildman–Crippen LogP) is 0.243. The Morgan fingerprint density at radius 1 is 1.30 bits per heavy atom. The van der Waals surface area contributed by atoms with Crippen molar-refractivity contribution < 1.29 is 4.79 Å². The highest BCUT2D eigenvalue weighted by atomic mass is 16.2. The van der Waals surface area contributed by atoms with Crippen molar-refractivity contribution in [2.45, 2.75) is 38.8 Å². The van der Waals surface area contributed by atoms with Gasteiger partial charge in [0.05, 0.1) is 12.0 Å². The Hall–Kier alpha value is -1.73. The summed E-state index contributed by atoms with van der Waals surface area (Å²) in [7, 11) is 3.63. The Kier molecular flexibility index (Phi) is 4.50. The first-order valence-electron chi connectivity index (χ1n) is 8.26. The van der Waals surface area contributed by atoms with Crippen molar-refractivity contribution in [2.24, 2.45) is 5.92 Å². The molecule has 1 amide bonds. The first-order valence-corrected chi connectivity index (χ1v) is 8.26. The molecule has 3 rings (SSSR count). The number of hydrogen-bond acceptors (Lipinski definition) is 6. The van der Waals surface area contributed by atoms with Gasteiger partial charge in [0.1, 0.15) is 0 Å². The zero-order chi connectivity index (χ0) is 16.6. The van der Waals surface area contributed by atoms with Crippen molar-refractivity contribution >= 4 is 11.9 Å². The quantitative estimate of drug-likeness (QED) is 0.832. The SMILES string of the molecule is Cc1cc(C)nc(N2CCCC2C2NNCC2C(=O)N(C)C)n1. The van der Waals surface area contributed by atoms with Gasteiger partial charge < -0.3 is 9.80 Å². The fraction of sp³-hybridized carbons (Fsp3) is 0.688. The number of amides is 1. The average molecular weight is 318 g/mol. The molecular formula is C16H26N6O. The molecule has 2 saturated heterocycles. The summed E-state index contributed by atoms with van der Waals surface area (Å²) in [5.41, 5.74) is 8.45. The van der Waals surface area contributed by atoms with E-state index in [2.05, 4.69) is 25.7 Å². The highest BCUT2D eigenvalue weighted by Gasteiger charge is 2.43. The van der Waals surface area contributed by atoms with Crippen LogP contribution >= 0.6 is 0 Å². The number of hydrogen-bond donors (Lipinski definition) is 2. The minimum Gasteiger partial charge on any atom is -0.348 e. The van der Waals surface area contributed by atoms with Crippen LogP contribution in [-0.2, 0) is 4.79 Å². The highest BCUT2D eigenvalue weighted by molar-refractivity contribution is 5.80. The maximum Gasteiger partial charge on any atom is 0.228 e. The number of anilines is 1. The van der Waals surface area contributed by atoms with Crippen molar-refractivity contribution in [3.63, 3.8) is 0 Å². The molecular weight excluding hydrogens is 292 g/mol. The summed E-state index contributed by atoms with van der Waals surface area (Å²) in [6.45, 7) is 5.60. The molecule has 126 valence electrons. The molecule has 2 fully saturated rings. The Bertz CT molecular complexity index is 570. The monoisotopic (exact) mass is 318 g/mol. The lowest BCUT2D eigenvalue weighted by Crippen LogP contribution is -2.51. The first kappa shape index (κ1) is 16.1. The van der Waals surface area contributed by atoms with Gasteiger partial charge in [-0.25, -0.2) is 9.97 Å². The largest absolute Gasteiger partial charge is 0.348 e. The van der Waals surface area contributed by atoms with Gasteiger partial charge in [0.15, 0.2) is 0 Å². The minimum absolute atomic E-state index is 0.0542. The maximum absolute atomic E-state index is 12.5. The number of nitrogens with zero attached hydrogens (tertiary/aromatic N) is 4. The second kappa shape index (κ2) is 6.41. The molecule has 0 aromatic carbocycles. The molecule has 0 aliphatic carbocycles. The topological polar surface area (TPSA) is 73.4 Å². The molecule has 3 unspecified atom stereocenters. The summed E-state index contributed by atoms with van der Waals surface area (Å²) < 4.78 is 0. The van der Waals surface area contributed by atoms with Crippen LogP contribution < -0.4 is 15.8 Å². The van der Waals surface area contributed by atoms with Gasteiger partial charge in [0, 0.05) is 44.6 Å². The average Bonchev–Trinajstić information content (AvgIpc) is 3.13. The lowest BCUT2D eigenvalue weighted by molar-refractivity contribution is -0.132. The van der Waals surface area contributed by atoms with Crippen molar-refractivity contribution in [1.82, 2.24) is 25.7 Å². The molecule has 0 saturated carbocycles. The number of hydrazine groups is 1. The molecule has 1 aromatic heterocycles. The van der Waals surface area contributed by atoms with Crippen LogP contribution in [0.5, 0.6) is 0 Å². The summed E-state index contributed by atoms with van der Waals surface area (Å²) in [6, 6.07) is 2.31. The summed E-state index contributed by atoms with van der Waals surface area (Å²) in [5.74, 6) is 0.900. The second-order valence-electron chi connectivity index (χ2n) is 6.74. The molecule has 3 atom stereocenters. The van der Waals surface area contributed by atoms with E-state index in [0.717, 1.165) is 36.7 Å². The summed E-state index contributed by atoms with van der Waals surface area (Å²) in [5, 5.41) is 0. The van der Waals surface area contributed by atoms with Gasteiger partial charge in [-0.15, -0.1) is 0 Å². The summed E-state index contributed by atoms with van der Waals surface area (Å²) >= 11 is 0. The summed E-state index contributed by atoms with van der Waals surface area (Å²) in [6.07, 6.45) is 2.15. The molecule has 0 bridgehead atoms. The number of carbonyl (C=O) groups excluding carboxylic acids is 1. The van der Waals surface area contributed by atoms with Gasteiger partial charge in [0.2, 0.25) is 11.9 Å².